The fourth-order valence-corrected chi connectivity index (χ4v) is 5.32. The molecule has 4 nitrogen and oxygen atoms in total. The highest BCUT2D eigenvalue weighted by molar-refractivity contribution is 6.30. The van der Waals surface area contributed by atoms with Crippen LogP contribution in [-0.4, -0.2) is 17.0 Å². The number of hydrogen-bond donors (Lipinski definition) is 1. The number of carbonyl (C=O) groups excluding carboxylic acids is 1. The molecular formula is C39H53ClO4. The third-order valence-corrected chi connectivity index (χ3v) is 8.09. The van der Waals surface area contributed by atoms with Gasteiger partial charge in [0.2, 0.25) is 0 Å². The van der Waals surface area contributed by atoms with Gasteiger partial charge in [0.1, 0.15) is 6.61 Å². The molecule has 0 heterocycles. The average Bonchev–Trinajstić information content (AvgIpc) is 3.05. The van der Waals surface area contributed by atoms with Crippen molar-refractivity contribution in [2.75, 3.05) is 0 Å². The van der Waals surface area contributed by atoms with Crippen molar-refractivity contribution < 1.29 is 19.4 Å². The number of halogens is 1. The highest BCUT2D eigenvalue weighted by atomic mass is 35.5. The smallest absolute Gasteiger partial charge is 0.338 e. The topological polar surface area (TPSA) is 63.6 Å². The number of aryl methyl sites for hydroxylation is 1. The van der Waals surface area contributed by atoms with Crippen LogP contribution in [-0.2, 0) is 17.8 Å². The summed E-state index contributed by atoms with van der Waals surface area (Å²) in [7, 11) is 0. The van der Waals surface area contributed by atoms with Gasteiger partial charge < -0.3 is 9.84 Å². The summed E-state index contributed by atoms with van der Waals surface area (Å²) in [4.78, 5) is 22.8. The highest BCUT2D eigenvalue weighted by Crippen LogP contribution is 2.16. The molecule has 240 valence electrons. The van der Waals surface area contributed by atoms with Crippen LogP contribution in [0.2, 0.25) is 5.02 Å². The zero-order valence-electron chi connectivity index (χ0n) is 26.8. The third kappa shape index (κ3) is 17.3. The van der Waals surface area contributed by atoms with Gasteiger partial charge in [0.15, 0.2) is 0 Å². The highest BCUT2D eigenvalue weighted by Gasteiger charge is 2.08. The molecule has 0 aromatic heterocycles. The van der Waals surface area contributed by atoms with Crippen LogP contribution >= 0.6 is 11.6 Å². The summed E-state index contributed by atoms with van der Waals surface area (Å²) in [5, 5.41) is 9.87. The quantitative estimate of drug-likeness (QED) is 0.0950. The van der Waals surface area contributed by atoms with Crippen molar-refractivity contribution in [3.05, 3.63) is 106 Å². The van der Waals surface area contributed by atoms with Crippen molar-refractivity contribution >= 4 is 23.5 Å². The van der Waals surface area contributed by atoms with Gasteiger partial charge in [-0.3, -0.25) is 0 Å². The van der Waals surface area contributed by atoms with Crippen LogP contribution in [0.1, 0.15) is 141 Å². The van der Waals surface area contributed by atoms with Crippen LogP contribution < -0.4 is 0 Å². The Morgan fingerprint density at radius 1 is 0.614 bits per heavy atom. The number of carboxylic acid groups (broad SMARTS) is 1. The first-order valence-electron chi connectivity index (χ1n) is 16.8. The van der Waals surface area contributed by atoms with Crippen LogP contribution in [0.4, 0.5) is 0 Å². The Kier molecular flexibility index (Phi) is 20.4. The molecule has 0 spiro atoms. The van der Waals surface area contributed by atoms with Gasteiger partial charge in [0.05, 0.1) is 11.1 Å². The molecule has 3 aromatic rings. The average molecular weight is 621 g/mol. The molecule has 0 aliphatic rings. The molecule has 0 saturated carbocycles. The monoisotopic (exact) mass is 620 g/mol. The molecule has 0 unspecified atom stereocenters. The molecule has 0 saturated heterocycles. The van der Waals surface area contributed by atoms with Crippen LogP contribution in [0.3, 0.4) is 0 Å². The van der Waals surface area contributed by atoms with E-state index in [1.165, 1.54) is 96.3 Å². The van der Waals surface area contributed by atoms with Crippen molar-refractivity contribution in [1.82, 2.24) is 0 Å². The lowest BCUT2D eigenvalue weighted by Crippen LogP contribution is -2.04. The van der Waals surface area contributed by atoms with E-state index >= 15 is 0 Å². The normalized spacial score (nSPS) is 10.6. The lowest BCUT2D eigenvalue weighted by molar-refractivity contribution is 0.0472. The molecule has 0 radical (unpaired) electrons. The third-order valence-electron chi connectivity index (χ3n) is 7.84. The van der Waals surface area contributed by atoms with Gasteiger partial charge in [-0.1, -0.05) is 163 Å². The summed E-state index contributed by atoms with van der Waals surface area (Å²) in [5.74, 6) is -1.12. The standard InChI is InChI=1S/C25H42O2.C14H11ClO2/c1-2-3-4-5-6-7-8-9-10-11-12-13-14-15-16-17-20-23-21-18-19-22-24(23)25(26)27;15-13-8-6-11(7-9-13)10-17-14(16)12-4-2-1-3-5-12/h18-19,21-22H,2-17,20H2,1H3,(H,26,27);1-9H,10H2. The second-order valence-corrected chi connectivity index (χ2v) is 12.0. The second kappa shape index (κ2) is 24.2. The first kappa shape index (κ1) is 37.1. The van der Waals surface area contributed by atoms with E-state index in [9.17, 15) is 14.7 Å². The van der Waals surface area contributed by atoms with Crippen molar-refractivity contribution in [2.45, 2.75) is 123 Å². The number of carboxylic acids is 1. The molecule has 1 N–H and O–H groups in total. The van der Waals surface area contributed by atoms with Gasteiger partial charge in [0.25, 0.3) is 0 Å². The largest absolute Gasteiger partial charge is 0.478 e. The molecule has 3 aromatic carbocycles. The number of hydrogen-bond acceptors (Lipinski definition) is 3. The predicted molar refractivity (Wildman–Crippen MR) is 184 cm³/mol. The van der Waals surface area contributed by atoms with E-state index in [1.54, 1.807) is 48.5 Å². The minimum absolute atomic E-state index is 0.255. The van der Waals surface area contributed by atoms with E-state index in [0.717, 1.165) is 24.0 Å². The Hall–Kier alpha value is -3.11. The number of aromatic carboxylic acids is 1. The number of rotatable bonds is 21. The maximum absolute atomic E-state index is 11.6. The maximum Gasteiger partial charge on any atom is 0.338 e. The van der Waals surface area contributed by atoms with Crippen molar-refractivity contribution in [3.63, 3.8) is 0 Å². The van der Waals surface area contributed by atoms with Gasteiger partial charge in [0, 0.05) is 5.02 Å². The minimum Gasteiger partial charge on any atom is -0.478 e. The summed E-state index contributed by atoms with van der Waals surface area (Å²) < 4.78 is 5.17. The number of esters is 1. The summed E-state index contributed by atoms with van der Waals surface area (Å²) in [6.07, 6.45) is 22.8. The number of unbranched alkanes of at least 4 members (excludes halogenated alkanes) is 15. The van der Waals surface area contributed by atoms with Crippen molar-refractivity contribution in [2.24, 2.45) is 0 Å². The first-order valence-corrected chi connectivity index (χ1v) is 17.2. The molecule has 5 heteroatoms. The fourth-order valence-electron chi connectivity index (χ4n) is 5.20. The van der Waals surface area contributed by atoms with Crippen LogP contribution in [0, 0.1) is 0 Å². The number of ether oxygens (including phenoxy) is 1. The molecule has 0 bridgehead atoms. The summed E-state index contributed by atoms with van der Waals surface area (Å²) in [6, 6.07) is 23.5. The Balaban J connectivity index is 0.000000338. The Morgan fingerprint density at radius 2 is 1.09 bits per heavy atom. The lowest BCUT2D eigenvalue weighted by atomic mass is 10.00. The van der Waals surface area contributed by atoms with Gasteiger partial charge in [-0.15, -0.1) is 0 Å². The number of benzene rings is 3. The minimum atomic E-state index is -0.804. The van der Waals surface area contributed by atoms with Gasteiger partial charge in [-0.05, 0) is 54.3 Å². The van der Waals surface area contributed by atoms with Crippen LogP contribution in [0.15, 0.2) is 78.9 Å². The Bertz CT molecular complexity index is 1160. The molecule has 0 fully saturated rings. The molecular weight excluding hydrogens is 568 g/mol. The molecule has 0 amide bonds. The SMILES string of the molecule is CCCCCCCCCCCCCCCCCCc1ccccc1C(=O)O.O=C(OCc1ccc(Cl)cc1)c1ccccc1. The van der Waals surface area contributed by atoms with Crippen molar-refractivity contribution in [1.29, 1.82) is 0 Å². The summed E-state index contributed by atoms with van der Waals surface area (Å²) in [5.41, 5.74) is 2.92. The molecule has 0 atom stereocenters. The van der Waals surface area contributed by atoms with Gasteiger partial charge >= 0.3 is 11.9 Å². The Labute approximate surface area is 271 Å². The van der Waals surface area contributed by atoms with E-state index in [0.29, 0.717) is 16.1 Å². The van der Waals surface area contributed by atoms with Crippen molar-refractivity contribution in [3.8, 4) is 0 Å². The van der Waals surface area contributed by atoms with Crippen LogP contribution in [0.5, 0.6) is 0 Å². The Morgan fingerprint density at radius 3 is 1.61 bits per heavy atom. The van der Waals surface area contributed by atoms with E-state index < -0.39 is 5.97 Å². The summed E-state index contributed by atoms with van der Waals surface area (Å²) >= 11 is 5.76. The molecule has 3 rings (SSSR count). The first-order chi connectivity index (χ1) is 21.5. The fraction of sp³-hybridized carbons (Fsp3) is 0.487. The van der Waals surface area contributed by atoms with E-state index in [2.05, 4.69) is 6.92 Å². The maximum atomic E-state index is 11.6. The van der Waals surface area contributed by atoms with Crippen LogP contribution in [0.25, 0.3) is 0 Å². The zero-order chi connectivity index (χ0) is 31.7. The van der Waals surface area contributed by atoms with Gasteiger partial charge in [-0.2, -0.15) is 0 Å². The molecule has 0 aliphatic heterocycles. The predicted octanol–water partition coefficient (Wildman–Crippen LogP) is 11.9. The second-order valence-electron chi connectivity index (χ2n) is 11.6. The zero-order valence-corrected chi connectivity index (χ0v) is 27.5. The number of carbonyl (C=O) groups is 2. The molecule has 44 heavy (non-hydrogen) atoms. The van der Waals surface area contributed by atoms with E-state index in [-0.39, 0.29) is 12.6 Å². The van der Waals surface area contributed by atoms with Gasteiger partial charge in [-0.25, -0.2) is 9.59 Å². The summed E-state index contributed by atoms with van der Waals surface area (Å²) in [6.45, 7) is 2.53. The van der Waals surface area contributed by atoms with E-state index in [1.807, 2.05) is 30.3 Å². The lowest BCUT2D eigenvalue weighted by Gasteiger charge is -2.06. The molecule has 0 aliphatic carbocycles. The van der Waals surface area contributed by atoms with E-state index in [4.69, 9.17) is 16.3 Å².